The number of aliphatic imine (C=N–C) groups is 1. The van der Waals surface area contributed by atoms with E-state index < -0.39 is 0 Å². The van der Waals surface area contributed by atoms with Gasteiger partial charge in [-0.25, -0.2) is 0 Å². The van der Waals surface area contributed by atoms with Crippen LogP contribution in [0, 0.1) is 0 Å². The molecule has 1 aliphatic carbocycles. The Morgan fingerprint density at radius 3 is 2.76 bits per heavy atom. The van der Waals surface area contributed by atoms with E-state index in [9.17, 15) is 9.59 Å². The number of rotatable bonds is 7. The summed E-state index contributed by atoms with van der Waals surface area (Å²) in [5.74, 6) is 0.866. The van der Waals surface area contributed by atoms with E-state index >= 15 is 0 Å². The largest absolute Gasteiger partial charge is 0.357 e. The Balaban J connectivity index is 1.49. The third kappa shape index (κ3) is 6.48. The van der Waals surface area contributed by atoms with Crippen LogP contribution in [-0.2, 0) is 9.59 Å². The van der Waals surface area contributed by atoms with E-state index in [1.54, 1.807) is 0 Å². The molecule has 3 rings (SSSR count). The van der Waals surface area contributed by atoms with Crippen LogP contribution in [-0.4, -0.2) is 43.5 Å². The molecule has 1 aromatic rings. The predicted octanol–water partition coefficient (Wildman–Crippen LogP) is 2.51. The molecule has 7 nitrogen and oxygen atoms in total. The summed E-state index contributed by atoms with van der Waals surface area (Å²) in [6.07, 6.45) is 6.76. The molecule has 0 aromatic heterocycles. The first-order chi connectivity index (χ1) is 14.2. The molecule has 1 aromatic carbocycles. The highest BCUT2D eigenvalue weighted by atomic mass is 16.2. The number of guanidine groups is 1. The summed E-state index contributed by atoms with van der Waals surface area (Å²) in [6.45, 7) is 3.80. The van der Waals surface area contributed by atoms with E-state index in [4.69, 9.17) is 0 Å². The second-order valence-electron chi connectivity index (χ2n) is 7.84. The number of amides is 2. The van der Waals surface area contributed by atoms with Gasteiger partial charge in [-0.05, 0) is 31.4 Å². The lowest BCUT2D eigenvalue weighted by molar-refractivity contribution is -0.122. The minimum Gasteiger partial charge on any atom is -0.357 e. The molecular formula is C22H33N5O2. The molecule has 0 radical (unpaired) electrons. The maximum absolute atomic E-state index is 12.2. The average molecular weight is 400 g/mol. The van der Waals surface area contributed by atoms with Crippen molar-refractivity contribution in [2.45, 2.75) is 63.8 Å². The zero-order valence-electron chi connectivity index (χ0n) is 17.3. The first-order valence-electron chi connectivity index (χ1n) is 10.9. The van der Waals surface area contributed by atoms with Gasteiger partial charge in [-0.3, -0.25) is 14.6 Å². The second kappa shape index (κ2) is 10.8. The Kier molecular flexibility index (Phi) is 7.90. The molecule has 2 aliphatic rings. The van der Waals surface area contributed by atoms with E-state index in [2.05, 4.69) is 26.3 Å². The lowest BCUT2D eigenvalue weighted by atomic mass is 9.91. The van der Waals surface area contributed by atoms with Gasteiger partial charge < -0.3 is 21.3 Å². The van der Waals surface area contributed by atoms with Crippen LogP contribution in [0.4, 0.5) is 5.69 Å². The number of hydrogen-bond acceptors (Lipinski definition) is 3. The van der Waals surface area contributed by atoms with Crippen molar-refractivity contribution >= 4 is 23.5 Å². The minimum absolute atomic E-state index is 0.0289. The zero-order valence-corrected chi connectivity index (χ0v) is 17.3. The molecule has 0 saturated heterocycles. The van der Waals surface area contributed by atoms with Crippen LogP contribution < -0.4 is 21.3 Å². The number of anilines is 1. The number of carbonyl (C=O) groups is 2. The van der Waals surface area contributed by atoms with E-state index in [0.717, 1.165) is 30.6 Å². The second-order valence-corrected chi connectivity index (χ2v) is 7.84. The molecule has 1 atom stereocenters. The predicted molar refractivity (Wildman–Crippen MR) is 116 cm³/mol. The maximum Gasteiger partial charge on any atom is 0.225 e. The molecule has 4 N–H and O–H groups in total. The van der Waals surface area contributed by atoms with Crippen LogP contribution in [0.5, 0.6) is 0 Å². The average Bonchev–Trinajstić information content (AvgIpc) is 2.72. The Morgan fingerprint density at radius 2 is 1.97 bits per heavy atom. The number of nitrogens with zero attached hydrogens (tertiary/aromatic N) is 1. The van der Waals surface area contributed by atoms with Crippen LogP contribution in [0.1, 0.15) is 63.4 Å². The minimum atomic E-state index is 0.0289. The summed E-state index contributed by atoms with van der Waals surface area (Å²) in [4.78, 5) is 28.8. The third-order valence-electron chi connectivity index (χ3n) is 5.54. The SMILES string of the molecule is CCNC(=NCC1CC(=O)Nc2ccccc21)NCCC(=O)NC1CCCCC1. The summed E-state index contributed by atoms with van der Waals surface area (Å²) in [5.41, 5.74) is 2.00. The van der Waals surface area contributed by atoms with Gasteiger partial charge in [0.05, 0.1) is 6.54 Å². The van der Waals surface area contributed by atoms with Gasteiger partial charge in [-0.2, -0.15) is 0 Å². The fourth-order valence-electron chi connectivity index (χ4n) is 4.05. The van der Waals surface area contributed by atoms with Gasteiger partial charge in [0.15, 0.2) is 5.96 Å². The standard InChI is InChI=1S/C22H33N5O2/c1-2-23-22(24-13-12-20(28)26-17-8-4-3-5-9-17)25-15-16-14-21(29)27-19-11-7-6-10-18(16)19/h6-7,10-11,16-17H,2-5,8-9,12-15H2,1H3,(H,26,28)(H,27,29)(H2,23,24,25). The van der Waals surface area contributed by atoms with Crippen LogP contribution >= 0.6 is 0 Å². The van der Waals surface area contributed by atoms with Crippen molar-refractivity contribution in [3.8, 4) is 0 Å². The zero-order chi connectivity index (χ0) is 20.5. The van der Waals surface area contributed by atoms with Crippen molar-refractivity contribution in [1.29, 1.82) is 0 Å². The quantitative estimate of drug-likeness (QED) is 0.419. The van der Waals surface area contributed by atoms with Crippen molar-refractivity contribution in [3.05, 3.63) is 29.8 Å². The molecule has 1 saturated carbocycles. The molecule has 158 valence electrons. The highest BCUT2D eigenvalue weighted by molar-refractivity contribution is 5.94. The summed E-state index contributed by atoms with van der Waals surface area (Å²) in [6, 6.07) is 8.23. The number of nitrogens with one attached hydrogen (secondary N) is 4. The van der Waals surface area contributed by atoms with Gasteiger partial charge in [0.25, 0.3) is 0 Å². The highest BCUT2D eigenvalue weighted by Gasteiger charge is 2.24. The molecule has 1 fully saturated rings. The first kappa shape index (κ1) is 21.1. The maximum atomic E-state index is 12.2. The molecule has 1 unspecified atom stereocenters. The third-order valence-corrected chi connectivity index (χ3v) is 5.54. The Bertz CT molecular complexity index is 728. The van der Waals surface area contributed by atoms with E-state index in [-0.39, 0.29) is 17.7 Å². The Labute approximate surface area is 173 Å². The van der Waals surface area contributed by atoms with Crippen molar-refractivity contribution in [3.63, 3.8) is 0 Å². The van der Waals surface area contributed by atoms with Crippen LogP contribution in [0.2, 0.25) is 0 Å². The molecular weight excluding hydrogens is 366 g/mol. The molecule has 1 aliphatic heterocycles. The fraction of sp³-hybridized carbons (Fsp3) is 0.591. The number of hydrogen-bond donors (Lipinski definition) is 4. The highest BCUT2D eigenvalue weighted by Crippen LogP contribution is 2.31. The van der Waals surface area contributed by atoms with Crippen molar-refractivity contribution in [1.82, 2.24) is 16.0 Å². The topological polar surface area (TPSA) is 94.6 Å². The van der Waals surface area contributed by atoms with E-state index in [1.165, 1.54) is 19.3 Å². The molecule has 7 heteroatoms. The van der Waals surface area contributed by atoms with E-state index in [1.807, 2.05) is 31.2 Å². The van der Waals surface area contributed by atoms with Gasteiger partial charge in [-0.15, -0.1) is 0 Å². The van der Waals surface area contributed by atoms with Crippen LogP contribution in [0.15, 0.2) is 29.3 Å². The van der Waals surface area contributed by atoms with Crippen LogP contribution in [0.3, 0.4) is 0 Å². The number of fused-ring (bicyclic) bond motifs is 1. The lowest BCUT2D eigenvalue weighted by Crippen LogP contribution is -2.41. The molecule has 0 bridgehead atoms. The number of para-hydroxylation sites is 1. The molecule has 1 heterocycles. The van der Waals surface area contributed by atoms with Gasteiger partial charge in [0, 0.05) is 43.6 Å². The summed E-state index contributed by atoms with van der Waals surface area (Å²) >= 11 is 0. The van der Waals surface area contributed by atoms with Crippen molar-refractivity contribution < 1.29 is 9.59 Å². The van der Waals surface area contributed by atoms with Crippen LogP contribution in [0.25, 0.3) is 0 Å². The number of benzene rings is 1. The van der Waals surface area contributed by atoms with Crippen molar-refractivity contribution in [2.75, 3.05) is 25.0 Å². The normalized spacial score (nSPS) is 19.8. The Hall–Kier alpha value is -2.57. The molecule has 0 spiro atoms. The monoisotopic (exact) mass is 399 g/mol. The Morgan fingerprint density at radius 1 is 1.17 bits per heavy atom. The fourth-order valence-corrected chi connectivity index (χ4v) is 4.05. The lowest BCUT2D eigenvalue weighted by Gasteiger charge is -2.24. The number of carbonyl (C=O) groups excluding carboxylic acids is 2. The summed E-state index contributed by atoms with van der Waals surface area (Å²) in [5, 5.41) is 12.5. The van der Waals surface area contributed by atoms with E-state index in [0.29, 0.717) is 37.9 Å². The first-order valence-corrected chi connectivity index (χ1v) is 10.9. The van der Waals surface area contributed by atoms with Gasteiger partial charge >= 0.3 is 0 Å². The summed E-state index contributed by atoms with van der Waals surface area (Å²) in [7, 11) is 0. The van der Waals surface area contributed by atoms with Gasteiger partial charge in [0.1, 0.15) is 0 Å². The molecule has 2 amide bonds. The summed E-state index contributed by atoms with van der Waals surface area (Å²) < 4.78 is 0. The molecule has 29 heavy (non-hydrogen) atoms. The van der Waals surface area contributed by atoms with Gasteiger partial charge in [-0.1, -0.05) is 37.5 Å². The van der Waals surface area contributed by atoms with Gasteiger partial charge in [0.2, 0.25) is 11.8 Å². The van der Waals surface area contributed by atoms with Crippen molar-refractivity contribution in [2.24, 2.45) is 4.99 Å². The smallest absolute Gasteiger partial charge is 0.225 e.